The zero-order valence-corrected chi connectivity index (χ0v) is 20.0. The number of carbonyl (C=O) groups is 1. The van der Waals surface area contributed by atoms with Crippen LogP contribution in [0.4, 0.5) is 5.69 Å². The number of amides is 1. The first kappa shape index (κ1) is 24.0. The van der Waals surface area contributed by atoms with E-state index < -0.39 is 15.9 Å². The summed E-state index contributed by atoms with van der Waals surface area (Å²) in [6.07, 6.45) is 1.87. The predicted molar refractivity (Wildman–Crippen MR) is 135 cm³/mol. The van der Waals surface area contributed by atoms with Crippen LogP contribution in [-0.4, -0.2) is 25.5 Å². The van der Waals surface area contributed by atoms with E-state index in [9.17, 15) is 13.2 Å². The molecular weight excluding hydrogens is 462 g/mol. The average Bonchev–Trinajstić information content (AvgIpc) is 2.87. The van der Waals surface area contributed by atoms with Gasteiger partial charge in [0.2, 0.25) is 0 Å². The molecule has 1 heterocycles. The van der Waals surface area contributed by atoms with Gasteiger partial charge in [-0.25, -0.2) is 8.42 Å². The Morgan fingerprint density at radius 1 is 0.886 bits per heavy atom. The minimum atomic E-state index is -3.78. The van der Waals surface area contributed by atoms with Gasteiger partial charge in [-0.3, -0.25) is 9.52 Å². The molecule has 0 radical (unpaired) electrons. The van der Waals surface area contributed by atoms with Gasteiger partial charge in [0.1, 0.15) is 11.2 Å². The van der Waals surface area contributed by atoms with Crippen LogP contribution in [0, 0.1) is 0 Å². The molecule has 0 aliphatic rings. The summed E-state index contributed by atoms with van der Waals surface area (Å²) in [6.45, 7) is 2.94. The lowest BCUT2D eigenvalue weighted by atomic mass is 10.2. The van der Waals surface area contributed by atoms with Gasteiger partial charge in [0.05, 0.1) is 11.5 Å². The van der Waals surface area contributed by atoms with Crippen molar-refractivity contribution in [2.45, 2.75) is 18.4 Å². The molecule has 1 aromatic heterocycles. The molecule has 0 saturated heterocycles. The summed E-state index contributed by atoms with van der Waals surface area (Å²) >= 11 is 0. The molecule has 0 atom stereocenters. The SMILES string of the molecule is CCOc1ccc(S(=O)(=O)Nc2ccc(C(=O)N=c3ccccn3Cc3ccccc3)cc2)cc1. The van der Waals surface area contributed by atoms with Crippen LogP contribution in [0.5, 0.6) is 5.75 Å². The molecule has 4 aromatic rings. The summed E-state index contributed by atoms with van der Waals surface area (Å²) in [7, 11) is -3.78. The van der Waals surface area contributed by atoms with Crippen molar-refractivity contribution in [1.29, 1.82) is 0 Å². The normalized spacial score (nSPS) is 11.7. The largest absolute Gasteiger partial charge is 0.494 e. The summed E-state index contributed by atoms with van der Waals surface area (Å²) in [5.74, 6) is 0.181. The van der Waals surface area contributed by atoms with Crippen molar-refractivity contribution in [3.63, 3.8) is 0 Å². The fourth-order valence-electron chi connectivity index (χ4n) is 3.43. The van der Waals surface area contributed by atoms with Crippen molar-refractivity contribution in [2.24, 2.45) is 4.99 Å². The number of carbonyl (C=O) groups excluding carboxylic acids is 1. The molecule has 3 aromatic carbocycles. The van der Waals surface area contributed by atoms with Crippen LogP contribution >= 0.6 is 0 Å². The number of hydrogen-bond acceptors (Lipinski definition) is 4. The number of rotatable bonds is 8. The second kappa shape index (κ2) is 10.8. The van der Waals surface area contributed by atoms with Crippen LogP contribution in [0.25, 0.3) is 0 Å². The van der Waals surface area contributed by atoms with Gasteiger partial charge in [0.15, 0.2) is 0 Å². The lowest BCUT2D eigenvalue weighted by molar-refractivity contribution is 0.0997. The molecule has 8 heteroatoms. The highest BCUT2D eigenvalue weighted by molar-refractivity contribution is 7.92. The van der Waals surface area contributed by atoms with Crippen molar-refractivity contribution in [3.05, 3.63) is 120 Å². The number of nitrogens with one attached hydrogen (secondary N) is 1. The van der Waals surface area contributed by atoms with Crippen LogP contribution in [-0.2, 0) is 16.6 Å². The molecule has 7 nitrogen and oxygen atoms in total. The van der Waals surface area contributed by atoms with Crippen molar-refractivity contribution in [3.8, 4) is 5.75 Å². The van der Waals surface area contributed by atoms with Crippen LogP contribution < -0.4 is 14.9 Å². The van der Waals surface area contributed by atoms with E-state index >= 15 is 0 Å². The molecule has 0 aliphatic heterocycles. The number of pyridine rings is 1. The van der Waals surface area contributed by atoms with E-state index in [1.165, 1.54) is 24.3 Å². The summed E-state index contributed by atoms with van der Waals surface area (Å²) in [5.41, 5.74) is 2.32. The van der Waals surface area contributed by atoms with E-state index in [1.807, 2.05) is 60.2 Å². The quantitative estimate of drug-likeness (QED) is 0.397. The monoisotopic (exact) mass is 487 g/mol. The van der Waals surface area contributed by atoms with Gasteiger partial charge in [0, 0.05) is 24.0 Å². The summed E-state index contributed by atoms with van der Waals surface area (Å²) in [6, 6.07) is 27.7. The van der Waals surface area contributed by atoms with Crippen LogP contribution in [0.15, 0.2) is 113 Å². The van der Waals surface area contributed by atoms with Crippen LogP contribution in [0.1, 0.15) is 22.8 Å². The van der Waals surface area contributed by atoms with Crippen molar-refractivity contribution < 1.29 is 17.9 Å². The standard InChI is InChI=1S/C27H25N3O4S/c1-2-34-24-15-17-25(18-16-24)35(32,33)29-23-13-11-22(12-14-23)27(31)28-26-10-6-7-19-30(26)20-21-8-4-3-5-9-21/h3-19,29H,2,20H2,1H3. The minimum absolute atomic E-state index is 0.114. The van der Waals surface area contributed by atoms with Crippen LogP contribution in [0.3, 0.4) is 0 Å². The second-order valence-corrected chi connectivity index (χ2v) is 9.36. The van der Waals surface area contributed by atoms with Crippen molar-refractivity contribution in [2.75, 3.05) is 11.3 Å². The van der Waals surface area contributed by atoms with Crippen molar-refractivity contribution >= 4 is 21.6 Å². The van der Waals surface area contributed by atoms with Gasteiger partial charge in [0.25, 0.3) is 15.9 Å². The summed E-state index contributed by atoms with van der Waals surface area (Å²) in [5, 5.41) is 0. The molecule has 0 bridgehead atoms. The number of hydrogen-bond donors (Lipinski definition) is 1. The van der Waals surface area contributed by atoms with E-state index in [-0.39, 0.29) is 4.90 Å². The maximum atomic E-state index is 12.8. The average molecular weight is 488 g/mol. The first-order valence-corrected chi connectivity index (χ1v) is 12.6. The fourth-order valence-corrected chi connectivity index (χ4v) is 4.49. The molecule has 1 amide bonds. The van der Waals surface area contributed by atoms with Crippen molar-refractivity contribution in [1.82, 2.24) is 4.57 Å². The Morgan fingerprint density at radius 3 is 2.26 bits per heavy atom. The Kier molecular flexibility index (Phi) is 7.42. The molecule has 0 unspecified atom stereocenters. The first-order valence-electron chi connectivity index (χ1n) is 11.1. The Balaban J connectivity index is 1.49. The fraction of sp³-hybridized carbons (Fsp3) is 0.111. The summed E-state index contributed by atoms with van der Waals surface area (Å²) in [4.78, 5) is 17.2. The Labute approximate surface area is 204 Å². The van der Waals surface area contributed by atoms with E-state index in [0.29, 0.717) is 35.6 Å². The topological polar surface area (TPSA) is 89.8 Å². The van der Waals surface area contributed by atoms with Gasteiger partial charge in [-0.1, -0.05) is 36.4 Å². The van der Waals surface area contributed by atoms with E-state index in [2.05, 4.69) is 9.71 Å². The third-order valence-electron chi connectivity index (χ3n) is 5.16. The van der Waals surface area contributed by atoms with Gasteiger partial charge in [-0.05, 0) is 73.2 Å². The molecule has 1 N–H and O–H groups in total. The molecule has 0 aliphatic carbocycles. The highest BCUT2D eigenvalue weighted by Gasteiger charge is 2.15. The molecule has 0 saturated carbocycles. The molecular formula is C27H25N3O4S. The predicted octanol–water partition coefficient (Wildman–Crippen LogP) is 4.48. The number of benzene rings is 3. The number of anilines is 1. The first-order chi connectivity index (χ1) is 16.9. The highest BCUT2D eigenvalue weighted by atomic mass is 32.2. The smallest absolute Gasteiger partial charge is 0.278 e. The van der Waals surface area contributed by atoms with Gasteiger partial charge in [-0.15, -0.1) is 0 Å². The van der Waals surface area contributed by atoms with E-state index in [0.717, 1.165) is 5.56 Å². The van der Waals surface area contributed by atoms with Gasteiger partial charge >= 0.3 is 0 Å². The van der Waals surface area contributed by atoms with Crippen LogP contribution in [0.2, 0.25) is 0 Å². The molecule has 4 rings (SSSR count). The third kappa shape index (κ3) is 6.24. The molecule has 0 fully saturated rings. The molecule has 178 valence electrons. The lowest BCUT2D eigenvalue weighted by Crippen LogP contribution is -2.22. The maximum Gasteiger partial charge on any atom is 0.278 e. The van der Waals surface area contributed by atoms with E-state index in [4.69, 9.17) is 4.74 Å². The Morgan fingerprint density at radius 2 is 1.57 bits per heavy atom. The summed E-state index contributed by atoms with van der Waals surface area (Å²) < 4.78 is 35.1. The molecule has 0 spiro atoms. The molecule has 35 heavy (non-hydrogen) atoms. The Hall–Kier alpha value is -4.17. The van der Waals surface area contributed by atoms with E-state index in [1.54, 1.807) is 30.3 Å². The second-order valence-electron chi connectivity index (χ2n) is 7.68. The zero-order valence-electron chi connectivity index (χ0n) is 19.2. The number of sulfonamides is 1. The highest BCUT2D eigenvalue weighted by Crippen LogP contribution is 2.20. The maximum absolute atomic E-state index is 12.8. The Bertz CT molecular complexity index is 1460. The lowest BCUT2D eigenvalue weighted by Gasteiger charge is -2.09. The van der Waals surface area contributed by atoms with Gasteiger partial charge in [-0.2, -0.15) is 4.99 Å². The third-order valence-corrected chi connectivity index (χ3v) is 6.55. The number of aromatic nitrogens is 1. The number of nitrogens with zero attached hydrogens (tertiary/aromatic N) is 2. The minimum Gasteiger partial charge on any atom is -0.494 e. The number of ether oxygens (including phenoxy) is 1. The zero-order chi connectivity index (χ0) is 24.7. The van der Waals surface area contributed by atoms with Gasteiger partial charge < -0.3 is 9.30 Å².